The Kier molecular flexibility index (Phi) is 2.73. The summed E-state index contributed by atoms with van der Waals surface area (Å²) in [7, 11) is 0. The summed E-state index contributed by atoms with van der Waals surface area (Å²) in [5.74, 6) is 0. The summed E-state index contributed by atoms with van der Waals surface area (Å²) in [5, 5.41) is 3.10. The minimum atomic E-state index is 0.950. The molecule has 1 aromatic rings. The molecule has 9 heavy (non-hydrogen) atoms. The van der Waals surface area contributed by atoms with E-state index < -0.39 is 0 Å². The van der Waals surface area contributed by atoms with Crippen LogP contribution < -0.4 is 0 Å². The predicted molar refractivity (Wildman–Crippen MR) is 49.4 cm³/mol. The van der Waals surface area contributed by atoms with Gasteiger partial charge in [0.1, 0.15) is 0 Å². The number of hydrogen-bond donors (Lipinski definition) is 0. The topological polar surface area (TPSA) is 0 Å². The third kappa shape index (κ3) is 1.57. The lowest BCUT2D eigenvalue weighted by atomic mass is 10.4. The Labute approximate surface area is 75.5 Å². The number of rotatable bonds is 1. The van der Waals surface area contributed by atoms with Crippen molar-refractivity contribution in [3.63, 3.8) is 0 Å². The van der Waals surface area contributed by atoms with E-state index in [2.05, 4.69) is 44.2 Å². The molecule has 0 unspecified atom stereocenters. The van der Waals surface area contributed by atoms with Crippen LogP contribution >= 0.6 is 43.2 Å². The molecule has 3 heteroatoms. The van der Waals surface area contributed by atoms with E-state index in [4.69, 9.17) is 0 Å². The van der Waals surface area contributed by atoms with Crippen molar-refractivity contribution in [2.75, 3.05) is 0 Å². The first-order valence-corrected chi connectivity index (χ1v) is 5.33. The quantitative estimate of drug-likeness (QED) is 0.682. The average Bonchev–Trinajstić information content (AvgIpc) is 2.15. The van der Waals surface area contributed by atoms with Gasteiger partial charge < -0.3 is 0 Å². The summed E-state index contributed by atoms with van der Waals surface area (Å²) < 4.78 is 1.25. The van der Waals surface area contributed by atoms with E-state index in [1.54, 1.807) is 11.3 Å². The highest BCUT2D eigenvalue weighted by Gasteiger charge is 2.02. The highest BCUT2D eigenvalue weighted by Crippen LogP contribution is 2.28. The molecule has 0 fully saturated rings. The van der Waals surface area contributed by atoms with Gasteiger partial charge in [-0.25, -0.2) is 0 Å². The Morgan fingerprint density at radius 3 is 2.56 bits per heavy atom. The van der Waals surface area contributed by atoms with E-state index in [9.17, 15) is 0 Å². The maximum atomic E-state index is 3.49. The van der Waals surface area contributed by atoms with E-state index >= 15 is 0 Å². The highest BCUT2D eigenvalue weighted by atomic mass is 79.9. The average molecular weight is 270 g/mol. The third-order valence-electron chi connectivity index (χ3n) is 1.09. The molecule has 0 aromatic carbocycles. The van der Waals surface area contributed by atoms with Gasteiger partial charge in [0, 0.05) is 14.7 Å². The molecule has 0 amide bonds. The second kappa shape index (κ2) is 3.17. The Morgan fingerprint density at radius 2 is 2.33 bits per heavy atom. The van der Waals surface area contributed by atoms with Crippen LogP contribution in [0.5, 0.6) is 0 Å². The van der Waals surface area contributed by atoms with E-state index in [0.717, 1.165) is 5.33 Å². The molecule has 0 aliphatic rings. The third-order valence-corrected chi connectivity index (χ3v) is 4.49. The van der Waals surface area contributed by atoms with Gasteiger partial charge in [0.05, 0.1) is 0 Å². The Bertz CT molecular complexity index is 205. The zero-order chi connectivity index (χ0) is 6.85. The maximum absolute atomic E-state index is 3.49. The highest BCUT2D eigenvalue weighted by molar-refractivity contribution is 9.11. The van der Waals surface area contributed by atoms with Crippen molar-refractivity contribution in [1.82, 2.24) is 0 Å². The second-order valence-corrected chi connectivity index (χ2v) is 4.11. The van der Waals surface area contributed by atoms with E-state index in [1.807, 2.05) is 0 Å². The van der Waals surface area contributed by atoms with Crippen LogP contribution in [0.25, 0.3) is 0 Å². The molecule has 0 bridgehead atoms. The molecule has 0 atom stereocenters. The van der Waals surface area contributed by atoms with E-state index in [0.29, 0.717) is 0 Å². The summed E-state index contributed by atoms with van der Waals surface area (Å²) >= 11 is 8.68. The predicted octanol–water partition coefficient (Wildman–Crippen LogP) is 3.71. The first kappa shape index (κ1) is 7.76. The Morgan fingerprint density at radius 1 is 1.67 bits per heavy atom. The molecular formula is C6H6Br2S. The lowest BCUT2D eigenvalue weighted by Crippen LogP contribution is -1.69. The first-order chi connectivity index (χ1) is 4.25. The molecule has 50 valence electrons. The largest absolute Gasteiger partial charge is 0.147 e. The van der Waals surface area contributed by atoms with Gasteiger partial charge in [-0.1, -0.05) is 15.9 Å². The fourth-order valence-electron chi connectivity index (χ4n) is 0.573. The molecule has 0 aliphatic heterocycles. The summed E-state index contributed by atoms with van der Waals surface area (Å²) in [6.45, 7) is 2.10. The minimum absolute atomic E-state index is 0.950. The van der Waals surface area contributed by atoms with E-state index in [1.165, 1.54) is 14.9 Å². The summed E-state index contributed by atoms with van der Waals surface area (Å²) in [6, 6.07) is 0. The summed E-state index contributed by atoms with van der Waals surface area (Å²) in [6.07, 6.45) is 0. The molecule has 0 nitrogen and oxygen atoms in total. The maximum Gasteiger partial charge on any atom is 0.0388 e. The molecule has 1 rings (SSSR count). The lowest BCUT2D eigenvalue weighted by Gasteiger charge is -1.88. The number of aryl methyl sites for hydroxylation is 1. The van der Waals surface area contributed by atoms with Crippen molar-refractivity contribution in [3.8, 4) is 0 Å². The smallest absolute Gasteiger partial charge is 0.0388 e. The zero-order valence-electron chi connectivity index (χ0n) is 4.95. The van der Waals surface area contributed by atoms with Crippen molar-refractivity contribution in [3.05, 3.63) is 20.3 Å². The SMILES string of the molecule is Cc1csc(CBr)c1Br. The van der Waals surface area contributed by atoms with Crippen LogP contribution in [0.1, 0.15) is 10.4 Å². The number of halogens is 2. The summed E-state index contributed by atoms with van der Waals surface area (Å²) in [5.41, 5.74) is 1.33. The summed E-state index contributed by atoms with van der Waals surface area (Å²) in [4.78, 5) is 1.37. The molecule has 0 radical (unpaired) electrons. The molecule has 0 spiro atoms. The Hall–Kier alpha value is 0.660. The van der Waals surface area contributed by atoms with Crippen LogP contribution in [0.3, 0.4) is 0 Å². The van der Waals surface area contributed by atoms with Gasteiger partial charge >= 0.3 is 0 Å². The standard InChI is InChI=1S/C6H6Br2S/c1-4-3-9-5(2-7)6(4)8/h3H,2H2,1H3. The number of alkyl halides is 1. The van der Waals surface area contributed by atoms with Crippen LogP contribution in [0.15, 0.2) is 9.85 Å². The minimum Gasteiger partial charge on any atom is -0.147 e. The fraction of sp³-hybridized carbons (Fsp3) is 0.333. The number of hydrogen-bond acceptors (Lipinski definition) is 1. The molecule has 1 aromatic heterocycles. The van der Waals surface area contributed by atoms with Crippen LogP contribution in [-0.4, -0.2) is 0 Å². The fourth-order valence-corrected chi connectivity index (χ4v) is 3.08. The van der Waals surface area contributed by atoms with Crippen LogP contribution in [-0.2, 0) is 5.33 Å². The lowest BCUT2D eigenvalue weighted by molar-refractivity contribution is 1.44. The van der Waals surface area contributed by atoms with Crippen molar-refractivity contribution < 1.29 is 0 Å². The van der Waals surface area contributed by atoms with Crippen LogP contribution in [0, 0.1) is 6.92 Å². The monoisotopic (exact) mass is 268 g/mol. The zero-order valence-corrected chi connectivity index (χ0v) is 8.94. The number of thiophene rings is 1. The van der Waals surface area contributed by atoms with Crippen molar-refractivity contribution in [1.29, 1.82) is 0 Å². The first-order valence-electron chi connectivity index (χ1n) is 2.54. The normalized spacial score (nSPS) is 10.1. The van der Waals surface area contributed by atoms with Gasteiger partial charge in [-0.2, -0.15) is 0 Å². The van der Waals surface area contributed by atoms with Gasteiger partial charge in [-0.15, -0.1) is 11.3 Å². The van der Waals surface area contributed by atoms with Gasteiger partial charge in [-0.05, 0) is 33.8 Å². The second-order valence-electron chi connectivity index (χ2n) is 1.79. The van der Waals surface area contributed by atoms with Gasteiger partial charge in [0.15, 0.2) is 0 Å². The molecule has 0 saturated carbocycles. The van der Waals surface area contributed by atoms with Crippen LogP contribution in [0.4, 0.5) is 0 Å². The Balaban J connectivity index is 3.04. The van der Waals surface area contributed by atoms with Gasteiger partial charge in [0.2, 0.25) is 0 Å². The van der Waals surface area contributed by atoms with Gasteiger partial charge in [0.25, 0.3) is 0 Å². The molecule has 1 heterocycles. The van der Waals surface area contributed by atoms with Crippen molar-refractivity contribution in [2.24, 2.45) is 0 Å². The molecule has 0 saturated heterocycles. The van der Waals surface area contributed by atoms with Crippen molar-refractivity contribution in [2.45, 2.75) is 12.3 Å². The van der Waals surface area contributed by atoms with Gasteiger partial charge in [-0.3, -0.25) is 0 Å². The molecule has 0 aliphatic carbocycles. The molecular weight excluding hydrogens is 264 g/mol. The van der Waals surface area contributed by atoms with Crippen LogP contribution in [0.2, 0.25) is 0 Å². The van der Waals surface area contributed by atoms with Crippen molar-refractivity contribution >= 4 is 43.2 Å². The van der Waals surface area contributed by atoms with E-state index in [-0.39, 0.29) is 0 Å². The molecule has 0 N–H and O–H groups in total.